The highest BCUT2D eigenvalue weighted by Crippen LogP contribution is 2.37. The first-order valence-corrected chi connectivity index (χ1v) is 12.4. The highest BCUT2D eigenvalue weighted by atomic mass is 32.1. The van der Waals surface area contributed by atoms with E-state index in [9.17, 15) is 15.3 Å². The number of aryl methyl sites for hydroxylation is 2. The third kappa shape index (κ3) is 4.42. The Bertz CT molecular complexity index is 1360. The van der Waals surface area contributed by atoms with Gasteiger partial charge in [-0.05, 0) is 86.4 Å². The Morgan fingerprint density at radius 3 is 2.50 bits per heavy atom. The molecule has 0 fully saturated rings. The van der Waals surface area contributed by atoms with Gasteiger partial charge < -0.3 is 9.88 Å². The minimum atomic E-state index is -0.483. The summed E-state index contributed by atoms with van der Waals surface area (Å²) in [4.78, 5) is 14.2. The third-order valence-electron chi connectivity index (χ3n) is 6.46. The van der Waals surface area contributed by atoms with Gasteiger partial charge in [-0.3, -0.25) is 4.79 Å². The monoisotopic (exact) mass is 468 g/mol. The zero-order valence-electron chi connectivity index (χ0n) is 20.0. The first-order chi connectivity index (χ1) is 16.3. The van der Waals surface area contributed by atoms with Crippen molar-refractivity contribution in [3.8, 4) is 17.8 Å². The zero-order chi connectivity index (χ0) is 24.4. The summed E-state index contributed by atoms with van der Waals surface area (Å²) >= 11 is 1.46. The molecular formula is C28H28N4OS. The van der Waals surface area contributed by atoms with Gasteiger partial charge in [0.1, 0.15) is 22.7 Å². The molecule has 1 aliphatic rings. The van der Waals surface area contributed by atoms with E-state index < -0.39 is 5.91 Å². The number of nitrogens with zero attached hydrogens (tertiary/aromatic N) is 3. The quantitative estimate of drug-likeness (QED) is 0.339. The lowest BCUT2D eigenvalue weighted by molar-refractivity contribution is -0.112. The highest BCUT2D eigenvalue weighted by molar-refractivity contribution is 7.16. The van der Waals surface area contributed by atoms with Crippen LogP contribution in [-0.2, 0) is 17.6 Å². The van der Waals surface area contributed by atoms with E-state index in [1.165, 1.54) is 21.8 Å². The number of hydrogen-bond donors (Lipinski definition) is 1. The number of benzene rings is 1. The molecule has 0 unspecified atom stereocenters. The standard InChI is InChI=1S/C28H28N4OS/c1-17(2)20-9-11-23(12-10-20)32-18(3)13-21(19(32)4)14-22(15-29)27(33)31-28-25(16-30)24-7-5-6-8-26(24)34-28/h9-14,17H,5-8H2,1-4H3,(H,31,33)/b22-14+. The molecule has 0 spiro atoms. The molecule has 6 heteroatoms. The minimum Gasteiger partial charge on any atom is -0.318 e. The Balaban J connectivity index is 1.63. The van der Waals surface area contributed by atoms with Crippen LogP contribution in [0.15, 0.2) is 35.9 Å². The molecule has 0 saturated heterocycles. The predicted octanol–water partition coefficient (Wildman–Crippen LogP) is 6.58. The molecule has 172 valence electrons. The van der Waals surface area contributed by atoms with Crippen LogP contribution in [0.4, 0.5) is 5.00 Å². The maximum absolute atomic E-state index is 13.0. The second kappa shape index (κ2) is 9.71. The minimum absolute atomic E-state index is 0.0191. The first kappa shape index (κ1) is 23.5. The van der Waals surface area contributed by atoms with E-state index in [2.05, 4.69) is 54.1 Å². The van der Waals surface area contributed by atoms with E-state index in [-0.39, 0.29) is 5.57 Å². The fraction of sp³-hybridized carbons (Fsp3) is 0.321. The Labute approximate surface area is 205 Å². The fourth-order valence-electron chi connectivity index (χ4n) is 4.59. The maximum atomic E-state index is 13.0. The Morgan fingerprint density at radius 2 is 1.85 bits per heavy atom. The summed E-state index contributed by atoms with van der Waals surface area (Å²) in [7, 11) is 0. The van der Waals surface area contributed by atoms with E-state index in [0.29, 0.717) is 16.5 Å². The highest BCUT2D eigenvalue weighted by Gasteiger charge is 2.23. The molecule has 3 aromatic rings. The van der Waals surface area contributed by atoms with Crippen molar-refractivity contribution in [2.75, 3.05) is 5.32 Å². The second-order valence-electron chi connectivity index (χ2n) is 9.06. The van der Waals surface area contributed by atoms with Crippen LogP contribution in [0.25, 0.3) is 11.8 Å². The van der Waals surface area contributed by atoms with Crippen molar-refractivity contribution in [2.24, 2.45) is 0 Å². The molecule has 1 amide bonds. The van der Waals surface area contributed by atoms with Crippen molar-refractivity contribution in [3.63, 3.8) is 0 Å². The summed E-state index contributed by atoms with van der Waals surface area (Å²) in [5, 5.41) is 22.8. The number of rotatable bonds is 5. The van der Waals surface area contributed by atoms with Crippen molar-refractivity contribution in [1.29, 1.82) is 10.5 Å². The fourth-order valence-corrected chi connectivity index (χ4v) is 5.82. The number of amides is 1. The van der Waals surface area contributed by atoms with Crippen LogP contribution in [0.5, 0.6) is 0 Å². The molecule has 0 radical (unpaired) electrons. The van der Waals surface area contributed by atoms with Crippen molar-refractivity contribution in [2.45, 2.75) is 59.3 Å². The van der Waals surface area contributed by atoms with Crippen LogP contribution in [-0.4, -0.2) is 10.5 Å². The van der Waals surface area contributed by atoms with Gasteiger partial charge in [-0.15, -0.1) is 11.3 Å². The molecule has 0 bridgehead atoms. The number of nitriles is 2. The normalized spacial score (nSPS) is 13.3. The molecule has 1 aliphatic carbocycles. The van der Waals surface area contributed by atoms with Gasteiger partial charge in [0.25, 0.3) is 5.91 Å². The van der Waals surface area contributed by atoms with Gasteiger partial charge in [0.2, 0.25) is 0 Å². The average Bonchev–Trinajstić information content (AvgIpc) is 3.32. The molecule has 0 aliphatic heterocycles. The number of carbonyl (C=O) groups excluding carboxylic acids is 1. The average molecular weight is 469 g/mol. The van der Waals surface area contributed by atoms with Crippen LogP contribution in [0.1, 0.15) is 71.1 Å². The Morgan fingerprint density at radius 1 is 1.15 bits per heavy atom. The summed E-state index contributed by atoms with van der Waals surface area (Å²) in [5.74, 6) is -0.0183. The predicted molar refractivity (Wildman–Crippen MR) is 137 cm³/mol. The van der Waals surface area contributed by atoms with Crippen LogP contribution in [0, 0.1) is 36.5 Å². The summed E-state index contributed by atoms with van der Waals surface area (Å²) in [6, 6.07) is 14.8. The van der Waals surface area contributed by atoms with Gasteiger partial charge in [0.15, 0.2) is 0 Å². The number of thiophene rings is 1. The zero-order valence-corrected chi connectivity index (χ0v) is 20.8. The largest absolute Gasteiger partial charge is 0.318 e. The van der Waals surface area contributed by atoms with Crippen LogP contribution in [0.3, 0.4) is 0 Å². The summed E-state index contributed by atoms with van der Waals surface area (Å²) in [6.07, 6.45) is 5.61. The molecule has 0 atom stereocenters. The van der Waals surface area contributed by atoms with E-state index in [4.69, 9.17) is 0 Å². The lowest BCUT2D eigenvalue weighted by Gasteiger charge is -2.12. The van der Waals surface area contributed by atoms with Gasteiger partial charge >= 0.3 is 0 Å². The van der Waals surface area contributed by atoms with Crippen molar-refractivity contribution in [1.82, 2.24) is 4.57 Å². The van der Waals surface area contributed by atoms with Crippen LogP contribution in [0.2, 0.25) is 0 Å². The number of nitrogens with one attached hydrogen (secondary N) is 1. The van der Waals surface area contributed by atoms with Gasteiger partial charge in [-0.1, -0.05) is 26.0 Å². The number of hydrogen-bond acceptors (Lipinski definition) is 4. The summed E-state index contributed by atoms with van der Waals surface area (Å²) in [5.41, 5.74) is 6.76. The molecule has 2 aromatic heterocycles. The second-order valence-corrected chi connectivity index (χ2v) is 10.2. The SMILES string of the molecule is Cc1cc(/C=C(\C#N)C(=O)Nc2sc3c(c2C#N)CCCC3)c(C)n1-c1ccc(C(C)C)cc1. The summed E-state index contributed by atoms with van der Waals surface area (Å²) < 4.78 is 2.13. The van der Waals surface area contributed by atoms with E-state index in [1.807, 2.05) is 26.0 Å². The van der Waals surface area contributed by atoms with E-state index in [1.54, 1.807) is 6.08 Å². The Kier molecular flexibility index (Phi) is 6.72. The van der Waals surface area contributed by atoms with Crippen LogP contribution < -0.4 is 5.32 Å². The molecule has 34 heavy (non-hydrogen) atoms. The molecule has 2 heterocycles. The number of aromatic nitrogens is 1. The molecule has 1 aromatic carbocycles. The Hall–Kier alpha value is -3.61. The van der Waals surface area contributed by atoms with Crippen molar-refractivity contribution in [3.05, 3.63) is 74.4 Å². The number of fused-ring (bicyclic) bond motifs is 1. The lowest BCUT2D eigenvalue weighted by atomic mass is 9.96. The number of anilines is 1. The van der Waals surface area contributed by atoms with Gasteiger partial charge in [0.05, 0.1) is 5.56 Å². The van der Waals surface area contributed by atoms with Gasteiger partial charge in [-0.2, -0.15) is 10.5 Å². The smallest absolute Gasteiger partial charge is 0.266 e. The number of carbonyl (C=O) groups is 1. The molecule has 4 rings (SSSR count). The molecular weight excluding hydrogens is 440 g/mol. The third-order valence-corrected chi connectivity index (χ3v) is 7.67. The van der Waals surface area contributed by atoms with E-state index >= 15 is 0 Å². The molecule has 0 saturated carbocycles. The molecule has 5 nitrogen and oxygen atoms in total. The molecule has 1 N–H and O–H groups in total. The van der Waals surface area contributed by atoms with E-state index in [0.717, 1.165) is 53.9 Å². The van der Waals surface area contributed by atoms with Crippen molar-refractivity contribution >= 4 is 28.3 Å². The topological polar surface area (TPSA) is 81.6 Å². The lowest BCUT2D eigenvalue weighted by Crippen LogP contribution is -2.13. The van der Waals surface area contributed by atoms with Crippen molar-refractivity contribution < 1.29 is 4.79 Å². The maximum Gasteiger partial charge on any atom is 0.266 e. The van der Waals surface area contributed by atoms with Crippen LogP contribution >= 0.6 is 11.3 Å². The first-order valence-electron chi connectivity index (χ1n) is 11.6. The summed E-state index contributed by atoms with van der Waals surface area (Å²) in [6.45, 7) is 8.35. The van der Waals surface area contributed by atoms with Gasteiger partial charge in [0, 0.05) is 22.0 Å². The van der Waals surface area contributed by atoms with Gasteiger partial charge in [-0.25, -0.2) is 0 Å².